The molecule has 1 rings (SSSR count). The zero-order chi connectivity index (χ0) is 14.3. The van der Waals surface area contributed by atoms with Gasteiger partial charge in [-0.05, 0) is 0 Å². The molecule has 1 fully saturated rings. The van der Waals surface area contributed by atoms with Gasteiger partial charge in [-0.2, -0.15) is 4.99 Å². The van der Waals surface area contributed by atoms with E-state index in [1.165, 1.54) is 11.0 Å². The number of carboxylic acid groups (broad SMARTS) is 1. The summed E-state index contributed by atoms with van der Waals surface area (Å²) in [5.41, 5.74) is 0. The number of aliphatic imine (C=N–C) groups is 1. The maximum atomic E-state index is 11.5. The van der Waals surface area contributed by atoms with Gasteiger partial charge >= 0.3 is 12.0 Å². The molecule has 0 spiro atoms. The zero-order valence-electron chi connectivity index (χ0n) is 10.1. The van der Waals surface area contributed by atoms with Crippen LogP contribution in [0.3, 0.4) is 0 Å². The van der Waals surface area contributed by atoms with Gasteiger partial charge in [-0.1, -0.05) is 0 Å². The molecule has 0 aliphatic carbocycles. The molecular formula is C10H14N4O5. The average Bonchev–Trinajstić information content (AvgIpc) is 2.72. The number of hydrogen-bond acceptors (Lipinski definition) is 5. The van der Waals surface area contributed by atoms with Crippen LogP contribution in [-0.2, 0) is 14.4 Å². The molecule has 1 atom stereocenters. The quantitative estimate of drug-likeness (QED) is 0.400. The largest absolute Gasteiger partial charge is 0.481 e. The van der Waals surface area contributed by atoms with Crippen LogP contribution in [0.1, 0.15) is 6.42 Å². The molecule has 9 nitrogen and oxygen atoms in total. The lowest BCUT2D eigenvalue weighted by atomic mass is 10.1. The number of nitrogens with zero attached hydrogens (tertiary/aromatic N) is 2. The molecule has 0 aromatic carbocycles. The van der Waals surface area contributed by atoms with E-state index in [0.717, 1.165) is 0 Å². The van der Waals surface area contributed by atoms with Gasteiger partial charge in [0.05, 0.1) is 5.92 Å². The number of aliphatic carboxylic acids is 1. The first kappa shape index (κ1) is 14.7. The number of nitrogens with one attached hydrogen (secondary N) is 2. The Bertz CT molecular complexity index is 418. The molecule has 0 bridgehead atoms. The molecule has 19 heavy (non-hydrogen) atoms. The Morgan fingerprint density at radius 3 is 2.79 bits per heavy atom. The molecule has 9 heteroatoms. The summed E-state index contributed by atoms with van der Waals surface area (Å²) in [6, 6.07) is -0.527. The third-order valence-electron chi connectivity index (χ3n) is 2.61. The van der Waals surface area contributed by atoms with Crippen molar-refractivity contribution >= 4 is 24.0 Å². The van der Waals surface area contributed by atoms with E-state index in [2.05, 4.69) is 15.6 Å². The summed E-state index contributed by atoms with van der Waals surface area (Å²) in [5, 5.41) is 13.5. The molecule has 1 heterocycles. The van der Waals surface area contributed by atoms with E-state index < -0.39 is 17.9 Å². The molecule has 0 aromatic rings. The second kappa shape index (κ2) is 7.12. The average molecular weight is 270 g/mol. The van der Waals surface area contributed by atoms with Gasteiger partial charge in [0.1, 0.15) is 6.67 Å². The Hall–Kier alpha value is -2.41. The van der Waals surface area contributed by atoms with Crippen LogP contribution in [0.5, 0.6) is 0 Å². The summed E-state index contributed by atoms with van der Waals surface area (Å²) in [6.45, 7) is 0.424. The minimum Gasteiger partial charge on any atom is -0.481 e. The Balaban J connectivity index is 2.22. The highest BCUT2D eigenvalue weighted by Crippen LogP contribution is 2.16. The van der Waals surface area contributed by atoms with Crippen molar-refractivity contribution in [2.45, 2.75) is 6.42 Å². The molecule has 1 aliphatic rings. The topological polar surface area (TPSA) is 128 Å². The predicted octanol–water partition coefficient (Wildman–Crippen LogP) is -1.49. The number of isocyanates is 1. The number of carbonyl (C=O) groups excluding carboxylic acids is 3. The number of carbonyl (C=O) groups is 3. The second-order valence-electron chi connectivity index (χ2n) is 3.92. The van der Waals surface area contributed by atoms with Crippen molar-refractivity contribution in [2.24, 2.45) is 10.9 Å². The van der Waals surface area contributed by atoms with Crippen LogP contribution in [0.15, 0.2) is 4.99 Å². The van der Waals surface area contributed by atoms with Gasteiger partial charge in [-0.15, -0.1) is 0 Å². The molecular weight excluding hydrogens is 256 g/mol. The maximum Gasteiger partial charge on any atom is 0.316 e. The molecule has 1 unspecified atom stereocenters. The number of urea groups is 1. The van der Waals surface area contributed by atoms with Crippen molar-refractivity contribution in [2.75, 3.05) is 26.3 Å². The van der Waals surface area contributed by atoms with E-state index in [0.29, 0.717) is 0 Å². The van der Waals surface area contributed by atoms with Crippen molar-refractivity contribution in [1.29, 1.82) is 0 Å². The Morgan fingerprint density at radius 2 is 2.21 bits per heavy atom. The first-order chi connectivity index (χ1) is 9.04. The van der Waals surface area contributed by atoms with Gasteiger partial charge in [0.2, 0.25) is 12.0 Å². The van der Waals surface area contributed by atoms with E-state index in [9.17, 15) is 19.2 Å². The SMILES string of the molecule is O=C=NCNC(=O)NCCN1CC(C(=O)O)CC1=O. The maximum absolute atomic E-state index is 11.5. The lowest BCUT2D eigenvalue weighted by Gasteiger charge is -2.16. The van der Waals surface area contributed by atoms with Crippen LogP contribution < -0.4 is 10.6 Å². The first-order valence-electron chi connectivity index (χ1n) is 5.60. The number of likely N-dealkylation sites (tertiary alicyclic amines) is 1. The van der Waals surface area contributed by atoms with Gasteiger partial charge in [-0.25, -0.2) is 9.59 Å². The highest BCUT2D eigenvalue weighted by molar-refractivity contribution is 5.86. The van der Waals surface area contributed by atoms with Gasteiger partial charge in [-0.3, -0.25) is 9.59 Å². The molecule has 0 radical (unpaired) electrons. The van der Waals surface area contributed by atoms with Gasteiger partial charge in [0, 0.05) is 26.1 Å². The van der Waals surface area contributed by atoms with Crippen molar-refractivity contribution in [3.63, 3.8) is 0 Å². The fourth-order valence-corrected chi connectivity index (χ4v) is 1.66. The highest BCUT2D eigenvalue weighted by atomic mass is 16.4. The van der Waals surface area contributed by atoms with Gasteiger partial charge in [0.15, 0.2) is 0 Å². The van der Waals surface area contributed by atoms with E-state index in [1.807, 2.05) is 0 Å². The van der Waals surface area contributed by atoms with E-state index in [-0.39, 0.29) is 38.6 Å². The summed E-state index contributed by atoms with van der Waals surface area (Å²) in [4.78, 5) is 47.6. The van der Waals surface area contributed by atoms with Crippen LogP contribution in [0.2, 0.25) is 0 Å². The lowest BCUT2D eigenvalue weighted by Crippen LogP contribution is -2.41. The van der Waals surface area contributed by atoms with E-state index in [1.54, 1.807) is 0 Å². The monoisotopic (exact) mass is 270 g/mol. The van der Waals surface area contributed by atoms with Crippen molar-refractivity contribution in [3.8, 4) is 0 Å². The van der Waals surface area contributed by atoms with Gasteiger partial charge < -0.3 is 20.6 Å². The minimum atomic E-state index is -0.992. The Morgan fingerprint density at radius 1 is 1.47 bits per heavy atom. The molecule has 1 saturated heterocycles. The molecule has 1 aliphatic heterocycles. The smallest absolute Gasteiger partial charge is 0.316 e. The summed E-state index contributed by atoms with van der Waals surface area (Å²) in [7, 11) is 0. The van der Waals surface area contributed by atoms with E-state index >= 15 is 0 Å². The summed E-state index contributed by atoms with van der Waals surface area (Å²) >= 11 is 0. The normalized spacial score (nSPS) is 17.8. The molecule has 3 amide bonds. The van der Waals surface area contributed by atoms with E-state index in [4.69, 9.17) is 5.11 Å². The zero-order valence-corrected chi connectivity index (χ0v) is 10.1. The van der Waals surface area contributed by atoms with Crippen molar-refractivity contribution in [1.82, 2.24) is 15.5 Å². The number of rotatable bonds is 6. The van der Waals surface area contributed by atoms with Crippen LogP contribution in [0.4, 0.5) is 4.79 Å². The summed E-state index contributed by atoms with van der Waals surface area (Å²) in [6.07, 6.45) is 1.26. The fraction of sp³-hybridized carbons (Fsp3) is 0.600. The highest BCUT2D eigenvalue weighted by Gasteiger charge is 2.33. The molecule has 3 N–H and O–H groups in total. The third kappa shape index (κ3) is 4.76. The Labute approximate surface area is 108 Å². The Kier molecular flexibility index (Phi) is 5.49. The van der Waals surface area contributed by atoms with Crippen LogP contribution >= 0.6 is 0 Å². The minimum absolute atomic E-state index is 0.00439. The van der Waals surface area contributed by atoms with Crippen LogP contribution in [-0.4, -0.2) is 60.3 Å². The number of hydrogen-bond donors (Lipinski definition) is 3. The molecule has 0 saturated carbocycles. The summed E-state index contributed by atoms with van der Waals surface area (Å²) < 4.78 is 0. The lowest BCUT2D eigenvalue weighted by molar-refractivity contribution is -0.141. The van der Waals surface area contributed by atoms with Crippen LogP contribution in [0, 0.1) is 5.92 Å². The molecule has 0 aromatic heterocycles. The fourth-order valence-electron chi connectivity index (χ4n) is 1.66. The number of amides is 3. The standard InChI is InChI=1S/C10H14N4O5/c15-6-11-5-13-10(19)12-1-2-14-4-7(9(17)18)3-8(14)16/h7H,1-5H2,(H,17,18)(H2,12,13,19). The molecule has 104 valence electrons. The first-order valence-corrected chi connectivity index (χ1v) is 5.60. The predicted molar refractivity (Wildman–Crippen MR) is 61.8 cm³/mol. The number of carboxylic acids is 1. The second-order valence-corrected chi connectivity index (χ2v) is 3.92. The van der Waals surface area contributed by atoms with Crippen LogP contribution in [0.25, 0.3) is 0 Å². The van der Waals surface area contributed by atoms with Crippen molar-refractivity contribution < 1.29 is 24.3 Å². The third-order valence-corrected chi connectivity index (χ3v) is 2.61. The summed E-state index contributed by atoms with van der Waals surface area (Å²) in [5.74, 6) is -1.91. The van der Waals surface area contributed by atoms with Crippen molar-refractivity contribution in [3.05, 3.63) is 0 Å². The van der Waals surface area contributed by atoms with Gasteiger partial charge in [0.25, 0.3) is 0 Å².